The number of halogens is 2. The highest BCUT2D eigenvalue weighted by Gasteiger charge is 2.38. The van der Waals surface area contributed by atoms with Crippen molar-refractivity contribution in [2.24, 2.45) is 0 Å². The van der Waals surface area contributed by atoms with Crippen LogP contribution in [0.3, 0.4) is 0 Å². The molecule has 2 aliphatic heterocycles. The number of aromatic nitrogens is 1. The molecule has 2 saturated heterocycles. The van der Waals surface area contributed by atoms with Gasteiger partial charge in [0.25, 0.3) is 10.0 Å². The summed E-state index contributed by atoms with van der Waals surface area (Å²) in [6.45, 7) is 3.41. The molecule has 0 radical (unpaired) electrons. The number of thiazole rings is 1. The second kappa shape index (κ2) is 9.73. The quantitative estimate of drug-likeness (QED) is 0.506. The minimum absolute atomic E-state index is 0. The van der Waals surface area contributed by atoms with Crippen LogP contribution in [0.2, 0.25) is 5.02 Å². The standard InChI is InChI=1S/C23H23ClFN5O3S2.2H2/c24-19-15-17(3-6-20(19)25)28-10-12-29(13-11-28)21-7-9-30(22(21)31)16-1-4-18(5-2-16)35(32,33)27-23-26-8-14-34-23;;/h1-6,8,14-15,21H,7,9-13H2,(H,26,27);2*1H/t21-;;/m0../s1. The van der Waals surface area contributed by atoms with Crippen LogP contribution in [-0.4, -0.2) is 63.0 Å². The predicted octanol–water partition coefficient (Wildman–Crippen LogP) is 4.16. The smallest absolute Gasteiger partial charge is 0.263 e. The van der Waals surface area contributed by atoms with Crippen molar-refractivity contribution < 1.29 is 20.5 Å². The van der Waals surface area contributed by atoms with E-state index in [1.54, 1.807) is 34.5 Å². The number of hydrogen-bond donors (Lipinski definition) is 1. The molecule has 12 heteroatoms. The fraction of sp³-hybridized carbons (Fsp3) is 0.304. The largest absolute Gasteiger partial charge is 0.369 e. The van der Waals surface area contributed by atoms with Gasteiger partial charge in [-0.1, -0.05) is 11.6 Å². The molecule has 1 atom stereocenters. The van der Waals surface area contributed by atoms with E-state index in [-0.39, 0.29) is 24.7 Å². The Balaban J connectivity index is 0.00000190. The van der Waals surface area contributed by atoms with Crippen LogP contribution in [0.4, 0.5) is 20.9 Å². The third kappa shape index (κ3) is 4.99. The third-order valence-corrected chi connectivity index (χ3v) is 8.78. The molecule has 5 rings (SSSR count). The van der Waals surface area contributed by atoms with E-state index < -0.39 is 15.8 Å². The summed E-state index contributed by atoms with van der Waals surface area (Å²) in [5, 5.41) is 2.09. The molecule has 0 saturated carbocycles. The maximum absolute atomic E-state index is 13.5. The van der Waals surface area contributed by atoms with Gasteiger partial charge in [-0.2, -0.15) is 0 Å². The van der Waals surface area contributed by atoms with Crippen LogP contribution in [0.15, 0.2) is 58.9 Å². The lowest BCUT2D eigenvalue weighted by Gasteiger charge is -2.38. The van der Waals surface area contributed by atoms with Gasteiger partial charge >= 0.3 is 0 Å². The number of nitrogens with zero attached hydrogens (tertiary/aromatic N) is 4. The van der Waals surface area contributed by atoms with Crippen molar-refractivity contribution in [1.29, 1.82) is 0 Å². The zero-order chi connectivity index (χ0) is 24.6. The first-order valence-electron chi connectivity index (χ1n) is 11.1. The van der Waals surface area contributed by atoms with Gasteiger partial charge < -0.3 is 9.80 Å². The molecule has 1 amide bonds. The molecule has 8 nitrogen and oxygen atoms in total. The Morgan fingerprint density at radius 1 is 1.06 bits per heavy atom. The van der Waals surface area contributed by atoms with E-state index in [9.17, 15) is 17.6 Å². The Morgan fingerprint density at radius 3 is 2.43 bits per heavy atom. The van der Waals surface area contributed by atoms with Crippen LogP contribution >= 0.6 is 22.9 Å². The number of piperazine rings is 1. The topological polar surface area (TPSA) is 85.9 Å². The molecule has 0 aliphatic carbocycles. The highest BCUT2D eigenvalue weighted by atomic mass is 35.5. The first-order chi connectivity index (χ1) is 16.8. The van der Waals surface area contributed by atoms with E-state index in [0.29, 0.717) is 50.0 Å². The van der Waals surface area contributed by atoms with Crippen LogP contribution in [-0.2, 0) is 14.8 Å². The van der Waals surface area contributed by atoms with Crippen LogP contribution < -0.4 is 14.5 Å². The summed E-state index contributed by atoms with van der Waals surface area (Å²) in [5.74, 6) is -0.424. The Kier molecular flexibility index (Phi) is 6.67. The van der Waals surface area contributed by atoms with E-state index in [4.69, 9.17) is 11.6 Å². The number of carbonyl (C=O) groups is 1. The molecular weight excluding hydrogens is 513 g/mol. The van der Waals surface area contributed by atoms with Gasteiger partial charge in [-0.05, 0) is 48.9 Å². The first-order valence-corrected chi connectivity index (χ1v) is 13.8. The minimum atomic E-state index is -3.75. The average molecular weight is 540 g/mol. The van der Waals surface area contributed by atoms with E-state index in [0.717, 1.165) is 5.69 Å². The van der Waals surface area contributed by atoms with Crippen LogP contribution in [0.5, 0.6) is 0 Å². The lowest BCUT2D eigenvalue weighted by Crippen LogP contribution is -2.52. The Hall–Kier alpha value is -2.73. The molecule has 188 valence electrons. The van der Waals surface area contributed by atoms with Gasteiger partial charge in [0.05, 0.1) is 16.0 Å². The van der Waals surface area contributed by atoms with Crippen molar-refractivity contribution in [3.05, 3.63) is 64.9 Å². The number of hydrogen-bond acceptors (Lipinski definition) is 7. The Morgan fingerprint density at radius 2 is 1.77 bits per heavy atom. The fourth-order valence-corrected chi connectivity index (χ4v) is 6.45. The van der Waals surface area contributed by atoms with Crippen molar-refractivity contribution in [2.75, 3.05) is 47.2 Å². The molecule has 2 aliphatic rings. The fourth-order valence-electron chi connectivity index (χ4n) is 4.49. The number of sulfonamides is 1. The summed E-state index contributed by atoms with van der Waals surface area (Å²) < 4.78 is 41.0. The molecule has 2 fully saturated rings. The molecule has 3 aromatic rings. The molecule has 1 N–H and O–H groups in total. The second-order valence-electron chi connectivity index (χ2n) is 8.35. The van der Waals surface area contributed by atoms with Crippen molar-refractivity contribution in [2.45, 2.75) is 17.4 Å². The van der Waals surface area contributed by atoms with Crippen molar-refractivity contribution in [3.8, 4) is 0 Å². The van der Waals surface area contributed by atoms with Crippen molar-refractivity contribution in [1.82, 2.24) is 9.88 Å². The molecular formula is C23H27ClFN5O3S2. The molecule has 3 heterocycles. The van der Waals surface area contributed by atoms with E-state index in [2.05, 4.69) is 19.5 Å². The number of amides is 1. The third-order valence-electron chi connectivity index (χ3n) is 6.31. The summed E-state index contributed by atoms with van der Waals surface area (Å²) in [5.41, 5.74) is 1.54. The summed E-state index contributed by atoms with van der Waals surface area (Å²) in [7, 11) is -3.75. The summed E-state index contributed by atoms with van der Waals surface area (Å²) in [6, 6.07) is 10.8. The average Bonchev–Trinajstić information content (AvgIpc) is 3.50. The molecule has 0 spiro atoms. The number of rotatable bonds is 6. The predicted molar refractivity (Wildman–Crippen MR) is 140 cm³/mol. The van der Waals surface area contributed by atoms with Crippen LogP contribution in [0.25, 0.3) is 0 Å². The summed E-state index contributed by atoms with van der Waals surface area (Å²) >= 11 is 7.12. The van der Waals surface area contributed by atoms with Gasteiger partial charge in [0.2, 0.25) is 5.91 Å². The maximum atomic E-state index is 13.5. The highest BCUT2D eigenvalue weighted by molar-refractivity contribution is 7.93. The lowest BCUT2D eigenvalue weighted by molar-refractivity contribution is -0.121. The van der Waals surface area contributed by atoms with E-state index in [1.807, 2.05) is 0 Å². The SMILES string of the molecule is O=C1[C@@H](N2CCN(c3ccc(F)c(Cl)c3)CC2)CCN1c1ccc(S(=O)(=O)Nc2nccs2)cc1.[HH].[HH]. The Labute approximate surface area is 215 Å². The minimum Gasteiger partial charge on any atom is -0.369 e. The monoisotopic (exact) mass is 539 g/mol. The van der Waals surface area contributed by atoms with E-state index in [1.165, 1.54) is 35.7 Å². The zero-order valence-corrected chi connectivity index (χ0v) is 21.0. The van der Waals surface area contributed by atoms with Gasteiger partial charge in [-0.25, -0.2) is 17.8 Å². The normalized spacial score (nSPS) is 19.4. The molecule has 1 aromatic heterocycles. The van der Waals surface area contributed by atoms with Gasteiger partial charge in [0, 0.05) is 58.5 Å². The summed E-state index contributed by atoms with van der Waals surface area (Å²) in [6.07, 6.45) is 2.23. The van der Waals surface area contributed by atoms with Crippen LogP contribution in [0, 0.1) is 5.82 Å². The molecule has 0 bridgehead atoms. The highest BCUT2D eigenvalue weighted by Crippen LogP contribution is 2.28. The first kappa shape index (κ1) is 24.0. The number of anilines is 3. The number of benzene rings is 2. The second-order valence-corrected chi connectivity index (χ2v) is 11.3. The van der Waals surface area contributed by atoms with Crippen LogP contribution in [0.1, 0.15) is 9.27 Å². The lowest BCUT2D eigenvalue weighted by atomic mass is 10.1. The molecule has 2 aromatic carbocycles. The Bertz CT molecular complexity index is 1320. The zero-order valence-electron chi connectivity index (χ0n) is 18.6. The maximum Gasteiger partial charge on any atom is 0.263 e. The van der Waals surface area contributed by atoms with E-state index >= 15 is 0 Å². The van der Waals surface area contributed by atoms with Gasteiger partial charge in [0.15, 0.2) is 5.13 Å². The molecule has 0 unspecified atom stereocenters. The number of nitrogens with one attached hydrogen (secondary N) is 1. The molecule has 35 heavy (non-hydrogen) atoms. The number of carbonyl (C=O) groups excluding carboxylic acids is 1. The van der Waals surface area contributed by atoms with Crippen molar-refractivity contribution >= 4 is 55.4 Å². The van der Waals surface area contributed by atoms with Crippen molar-refractivity contribution in [3.63, 3.8) is 0 Å². The van der Waals surface area contributed by atoms with Gasteiger partial charge in [-0.3, -0.25) is 14.4 Å². The van der Waals surface area contributed by atoms with Gasteiger partial charge in [-0.15, -0.1) is 11.3 Å². The van der Waals surface area contributed by atoms with Gasteiger partial charge in [0.1, 0.15) is 5.82 Å². The summed E-state index contributed by atoms with van der Waals surface area (Å²) in [4.78, 5) is 23.3.